The molecule has 0 heterocycles. The average molecular weight is 205 g/mol. The molecule has 1 aliphatic rings. The molecule has 1 saturated carbocycles. The van der Waals surface area contributed by atoms with Crippen molar-refractivity contribution in [1.29, 1.82) is 0 Å². The summed E-state index contributed by atoms with van der Waals surface area (Å²) >= 11 is 0. The fourth-order valence-electron chi connectivity index (χ4n) is 1.89. The Morgan fingerprint density at radius 1 is 1.27 bits per heavy atom. The van der Waals surface area contributed by atoms with E-state index < -0.39 is 0 Å². The number of phenolic OH excluding ortho intramolecular Hbond substituents is 1. The van der Waals surface area contributed by atoms with Gasteiger partial charge in [0.15, 0.2) is 0 Å². The van der Waals surface area contributed by atoms with E-state index in [-0.39, 0.29) is 0 Å². The average Bonchev–Trinajstić information content (AvgIpc) is 2.98. The molecule has 2 rings (SSSR count). The summed E-state index contributed by atoms with van der Waals surface area (Å²) in [7, 11) is 0. The Hall–Kier alpha value is -1.02. The number of rotatable bonds is 4. The molecule has 1 aromatic carbocycles. The van der Waals surface area contributed by atoms with E-state index >= 15 is 0 Å². The van der Waals surface area contributed by atoms with Gasteiger partial charge in [-0.3, -0.25) is 0 Å². The predicted octanol–water partition coefficient (Wildman–Crippen LogP) is 2.51. The van der Waals surface area contributed by atoms with Gasteiger partial charge in [-0.2, -0.15) is 0 Å². The third kappa shape index (κ3) is 2.72. The zero-order valence-corrected chi connectivity index (χ0v) is 9.51. The van der Waals surface area contributed by atoms with E-state index in [1.165, 1.54) is 18.4 Å². The monoisotopic (exact) mass is 205 g/mol. The molecule has 2 nitrogen and oxygen atoms in total. The molecule has 15 heavy (non-hydrogen) atoms. The zero-order valence-electron chi connectivity index (χ0n) is 9.51. The Morgan fingerprint density at radius 3 is 2.40 bits per heavy atom. The fourth-order valence-corrected chi connectivity index (χ4v) is 1.89. The number of nitrogens with one attached hydrogen (secondary N) is 1. The summed E-state index contributed by atoms with van der Waals surface area (Å²) in [5.74, 6) is 1.35. The Balaban J connectivity index is 1.94. The first-order valence-electron chi connectivity index (χ1n) is 5.66. The lowest BCUT2D eigenvalue weighted by Gasteiger charge is -2.08. The highest BCUT2D eigenvalue weighted by atomic mass is 16.3. The van der Waals surface area contributed by atoms with Gasteiger partial charge in [-0.1, -0.05) is 12.1 Å². The van der Waals surface area contributed by atoms with Crippen LogP contribution in [0.4, 0.5) is 0 Å². The number of hydrogen-bond acceptors (Lipinski definition) is 2. The molecule has 0 aromatic heterocycles. The van der Waals surface area contributed by atoms with Crippen molar-refractivity contribution in [1.82, 2.24) is 5.32 Å². The molecule has 0 spiro atoms. The molecular weight excluding hydrogens is 186 g/mol. The van der Waals surface area contributed by atoms with Crippen molar-refractivity contribution in [2.75, 3.05) is 6.54 Å². The lowest BCUT2D eigenvalue weighted by Crippen LogP contribution is -2.16. The van der Waals surface area contributed by atoms with E-state index in [1.54, 1.807) is 0 Å². The number of aryl methyl sites for hydroxylation is 2. The van der Waals surface area contributed by atoms with E-state index in [4.69, 9.17) is 0 Å². The lowest BCUT2D eigenvalue weighted by molar-refractivity contribution is 0.466. The first-order valence-corrected chi connectivity index (χ1v) is 5.66. The molecule has 2 heteroatoms. The third-order valence-electron chi connectivity index (χ3n) is 3.01. The minimum Gasteiger partial charge on any atom is -0.507 e. The summed E-state index contributed by atoms with van der Waals surface area (Å²) in [6, 6.07) is 4.12. The van der Waals surface area contributed by atoms with Gasteiger partial charge in [-0.05, 0) is 55.8 Å². The second-order valence-electron chi connectivity index (χ2n) is 4.65. The van der Waals surface area contributed by atoms with E-state index in [2.05, 4.69) is 17.4 Å². The second kappa shape index (κ2) is 4.23. The number of phenols is 1. The van der Waals surface area contributed by atoms with Crippen LogP contribution in [0.15, 0.2) is 12.1 Å². The van der Waals surface area contributed by atoms with Crippen LogP contribution in [0.1, 0.15) is 29.5 Å². The van der Waals surface area contributed by atoms with Gasteiger partial charge in [0.25, 0.3) is 0 Å². The fraction of sp³-hybridized carbons (Fsp3) is 0.538. The van der Waals surface area contributed by atoms with Crippen molar-refractivity contribution in [3.05, 3.63) is 28.8 Å². The molecule has 0 unspecified atom stereocenters. The molecule has 1 aromatic rings. The molecule has 0 atom stereocenters. The van der Waals surface area contributed by atoms with Crippen LogP contribution in [0.2, 0.25) is 0 Å². The van der Waals surface area contributed by atoms with Crippen LogP contribution in [0.3, 0.4) is 0 Å². The first kappa shape index (κ1) is 10.5. The quantitative estimate of drug-likeness (QED) is 0.791. The van der Waals surface area contributed by atoms with Gasteiger partial charge in [0.05, 0.1) is 0 Å². The summed E-state index contributed by atoms with van der Waals surface area (Å²) in [4.78, 5) is 0. The first-order chi connectivity index (χ1) is 7.16. The standard InChI is InChI=1S/C13H19NO/c1-9-5-12(6-10(2)13(9)15)8-14-7-11-3-4-11/h5-6,11,14-15H,3-4,7-8H2,1-2H3. The predicted molar refractivity (Wildman–Crippen MR) is 62.0 cm³/mol. The molecule has 0 amide bonds. The van der Waals surface area contributed by atoms with Crippen LogP contribution in [0.25, 0.3) is 0 Å². The van der Waals surface area contributed by atoms with Crippen LogP contribution in [-0.4, -0.2) is 11.7 Å². The van der Waals surface area contributed by atoms with Gasteiger partial charge in [-0.25, -0.2) is 0 Å². The minimum absolute atomic E-state index is 0.431. The highest BCUT2D eigenvalue weighted by Crippen LogP contribution is 2.28. The Bertz CT molecular complexity index is 333. The smallest absolute Gasteiger partial charge is 0.121 e. The molecular formula is C13H19NO. The summed E-state index contributed by atoms with van der Waals surface area (Å²) < 4.78 is 0. The summed E-state index contributed by atoms with van der Waals surface area (Å²) in [6.07, 6.45) is 2.78. The van der Waals surface area contributed by atoms with E-state index in [9.17, 15) is 5.11 Å². The van der Waals surface area contributed by atoms with Crippen LogP contribution in [-0.2, 0) is 6.54 Å². The van der Waals surface area contributed by atoms with Crippen LogP contribution < -0.4 is 5.32 Å². The van der Waals surface area contributed by atoms with Gasteiger partial charge in [0, 0.05) is 6.54 Å². The van der Waals surface area contributed by atoms with Gasteiger partial charge in [0.1, 0.15) is 5.75 Å². The van der Waals surface area contributed by atoms with E-state index in [0.717, 1.165) is 30.1 Å². The highest BCUT2D eigenvalue weighted by Gasteiger charge is 2.20. The van der Waals surface area contributed by atoms with E-state index in [1.807, 2.05) is 13.8 Å². The second-order valence-corrected chi connectivity index (χ2v) is 4.65. The highest BCUT2D eigenvalue weighted by molar-refractivity contribution is 5.42. The maximum absolute atomic E-state index is 9.63. The number of benzene rings is 1. The van der Waals surface area contributed by atoms with Crippen molar-refractivity contribution < 1.29 is 5.11 Å². The normalized spacial score (nSPS) is 15.6. The molecule has 82 valence electrons. The van der Waals surface area contributed by atoms with Crippen LogP contribution in [0.5, 0.6) is 5.75 Å². The van der Waals surface area contributed by atoms with Gasteiger partial charge >= 0.3 is 0 Å². The van der Waals surface area contributed by atoms with Crippen molar-refractivity contribution in [2.45, 2.75) is 33.2 Å². The van der Waals surface area contributed by atoms with Gasteiger partial charge in [0.2, 0.25) is 0 Å². The van der Waals surface area contributed by atoms with Crippen LogP contribution >= 0.6 is 0 Å². The third-order valence-corrected chi connectivity index (χ3v) is 3.01. The summed E-state index contributed by atoms with van der Waals surface area (Å²) in [5, 5.41) is 13.1. The van der Waals surface area contributed by atoms with Crippen LogP contribution in [0, 0.1) is 19.8 Å². The molecule has 1 aliphatic carbocycles. The van der Waals surface area contributed by atoms with Crippen molar-refractivity contribution in [3.8, 4) is 5.75 Å². The lowest BCUT2D eigenvalue weighted by atomic mass is 10.1. The molecule has 1 fully saturated rings. The topological polar surface area (TPSA) is 32.3 Å². The number of hydrogen-bond donors (Lipinski definition) is 2. The SMILES string of the molecule is Cc1cc(CNCC2CC2)cc(C)c1O. The number of aromatic hydroxyl groups is 1. The summed E-state index contributed by atoms with van der Waals surface area (Å²) in [5.41, 5.74) is 3.21. The van der Waals surface area contributed by atoms with E-state index in [0.29, 0.717) is 5.75 Å². The Kier molecular flexibility index (Phi) is 2.96. The van der Waals surface area contributed by atoms with Crippen molar-refractivity contribution in [2.24, 2.45) is 5.92 Å². The Morgan fingerprint density at radius 2 is 1.87 bits per heavy atom. The van der Waals surface area contributed by atoms with Gasteiger partial charge < -0.3 is 10.4 Å². The maximum Gasteiger partial charge on any atom is 0.121 e. The van der Waals surface area contributed by atoms with Crippen molar-refractivity contribution >= 4 is 0 Å². The molecule has 0 saturated heterocycles. The molecule has 0 radical (unpaired) electrons. The zero-order chi connectivity index (χ0) is 10.8. The minimum atomic E-state index is 0.431. The molecule has 0 aliphatic heterocycles. The largest absolute Gasteiger partial charge is 0.507 e. The molecule has 0 bridgehead atoms. The maximum atomic E-state index is 9.63. The van der Waals surface area contributed by atoms with Crippen molar-refractivity contribution in [3.63, 3.8) is 0 Å². The summed E-state index contributed by atoms with van der Waals surface area (Å²) in [6.45, 7) is 5.96. The molecule has 2 N–H and O–H groups in total. The van der Waals surface area contributed by atoms with Gasteiger partial charge in [-0.15, -0.1) is 0 Å². The Labute approximate surface area is 91.3 Å².